The minimum absolute atomic E-state index is 0.735. The van der Waals surface area contributed by atoms with Crippen LogP contribution in [0.2, 0.25) is 0 Å². The number of para-hydroxylation sites is 2. The highest BCUT2D eigenvalue weighted by atomic mass is 15.1. The molecule has 2 aromatic rings. The van der Waals surface area contributed by atoms with Crippen LogP contribution in [0.5, 0.6) is 0 Å². The molecule has 0 amide bonds. The molecule has 1 fully saturated rings. The molecule has 1 heterocycles. The van der Waals surface area contributed by atoms with Gasteiger partial charge in [0, 0.05) is 12.5 Å². The first-order chi connectivity index (χ1) is 13.9. The van der Waals surface area contributed by atoms with E-state index in [1.165, 1.54) is 120 Å². The summed E-state index contributed by atoms with van der Waals surface area (Å²) < 4.78 is 2.52. The maximum absolute atomic E-state index is 4.92. The largest absolute Gasteiger partial charge is 0.328 e. The number of unbranched alkanes of at least 4 members (excludes halogenated alkanes) is 13. The zero-order valence-electron chi connectivity index (χ0n) is 18.3. The van der Waals surface area contributed by atoms with E-state index in [0.29, 0.717) is 0 Å². The maximum atomic E-state index is 4.92. The van der Waals surface area contributed by atoms with Gasteiger partial charge in [-0.05, 0) is 31.4 Å². The van der Waals surface area contributed by atoms with Gasteiger partial charge in [0.05, 0.1) is 11.0 Å². The van der Waals surface area contributed by atoms with Crippen molar-refractivity contribution in [2.75, 3.05) is 0 Å². The molecule has 1 saturated carbocycles. The van der Waals surface area contributed by atoms with Crippen molar-refractivity contribution in [2.24, 2.45) is 0 Å². The number of rotatable bonds is 16. The summed E-state index contributed by atoms with van der Waals surface area (Å²) in [4.78, 5) is 4.92. The fourth-order valence-electron chi connectivity index (χ4n) is 4.45. The van der Waals surface area contributed by atoms with E-state index in [4.69, 9.17) is 4.98 Å². The number of aromatic nitrogens is 2. The lowest BCUT2D eigenvalue weighted by atomic mass is 10.0. The zero-order valence-corrected chi connectivity index (χ0v) is 18.3. The lowest BCUT2D eigenvalue weighted by Gasteiger charge is -2.09. The van der Waals surface area contributed by atoms with Crippen LogP contribution < -0.4 is 0 Å². The van der Waals surface area contributed by atoms with E-state index in [1.807, 2.05) is 0 Å². The third-order valence-electron chi connectivity index (χ3n) is 6.36. The molecule has 0 bridgehead atoms. The van der Waals surface area contributed by atoms with Crippen LogP contribution in [0.15, 0.2) is 24.3 Å². The van der Waals surface area contributed by atoms with E-state index in [9.17, 15) is 0 Å². The van der Waals surface area contributed by atoms with Gasteiger partial charge in [0.25, 0.3) is 0 Å². The summed E-state index contributed by atoms with van der Waals surface area (Å²) >= 11 is 0. The summed E-state index contributed by atoms with van der Waals surface area (Å²) in [6.07, 6.45) is 22.6. The van der Waals surface area contributed by atoms with Crippen molar-refractivity contribution in [3.05, 3.63) is 30.1 Å². The summed E-state index contributed by atoms with van der Waals surface area (Å²) in [7, 11) is 0. The molecule has 0 saturated heterocycles. The normalized spacial score (nSPS) is 14.2. The molecule has 0 unspecified atom stereocenters. The molecule has 28 heavy (non-hydrogen) atoms. The van der Waals surface area contributed by atoms with Crippen LogP contribution >= 0.6 is 0 Å². The van der Waals surface area contributed by atoms with Crippen molar-refractivity contribution in [3.8, 4) is 0 Å². The standard InChI is InChI=1S/C26H42N2/c1-2-3-4-5-6-7-8-9-10-11-12-13-14-17-22-28-25-19-16-15-18-24(25)27-26(28)23-20-21-23/h15-16,18-19,23H,2-14,17,20-22H2,1H3. The van der Waals surface area contributed by atoms with Gasteiger partial charge in [-0.25, -0.2) is 4.98 Å². The van der Waals surface area contributed by atoms with Crippen molar-refractivity contribution in [3.63, 3.8) is 0 Å². The zero-order chi connectivity index (χ0) is 19.4. The van der Waals surface area contributed by atoms with E-state index in [1.54, 1.807) is 0 Å². The van der Waals surface area contributed by atoms with Gasteiger partial charge in [-0.3, -0.25) is 0 Å². The van der Waals surface area contributed by atoms with Crippen LogP contribution in [-0.2, 0) is 6.54 Å². The predicted molar refractivity (Wildman–Crippen MR) is 122 cm³/mol. The smallest absolute Gasteiger partial charge is 0.112 e. The third kappa shape index (κ3) is 6.94. The van der Waals surface area contributed by atoms with E-state index < -0.39 is 0 Å². The lowest BCUT2D eigenvalue weighted by Crippen LogP contribution is -2.03. The van der Waals surface area contributed by atoms with E-state index in [-0.39, 0.29) is 0 Å². The number of imidazole rings is 1. The van der Waals surface area contributed by atoms with Gasteiger partial charge in [0.1, 0.15) is 5.82 Å². The molecule has 1 aliphatic carbocycles. The Hall–Kier alpha value is -1.31. The van der Waals surface area contributed by atoms with Crippen molar-refractivity contribution >= 4 is 11.0 Å². The van der Waals surface area contributed by atoms with Gasteiger partial charge >= 0.3 is 0 Å². The highest BCUT2D eigenvalue weighted by molar-refractivity contribution is 5.76. The van der Waals surface area contributed by atoms with Crippen LogP contribution in [0.1, 0.15) is 121 Å². The molecule has 0 atom stereocenters. The first-order valence-electron chi connectivity index (χ1n) is 12.4. The van der Waals surface area contributed by atoms with Crippen molar-refractivity contribution in [2.45, 2.75) is 122 Å². The Balaban J connectivity index is 1.22. The van der Waals surface area contributed by atoms with Crippen LogP contribution in [0.3, 0.4) is 0 Å². The second-order valence-electron chi connectivity index (χ2n) is 8.98. The fraction of sp³-hybridized carbons (Fsp3) is 0.731. The summed E-state index contributed by atoms with van der Waals surface area (Å²) in [6.45, 7) is 3.45. The van der Waals surface area contributed by atoms with Crippen LogP contribution in [0.4, 0.5) is 0 Å². The molecule has 3 rings (SSSR count). The molecule has 2 heteroatoms. The monoisotopic (exact) mass is 382 g/mol. The summed E-state index contributed by atoms with van der Waals surface area (Å²) in [6, 6.07) is 8.69. The summed E-state index contributed by atoms with van der Waals surface area (Å²) in [5.74, 6) is 2.09. The SMILES string of the molecule is CCCCCCCCCCCCCCCCn1c(C2CC2)nc2ccccc21. The third-order valence-corrected chi connectivity index (χ3v) is 6.36. The highest BCUT2D eigenvalue weighted by Gasteiger charge is 2.29. The Kier molecular flexibility index (Phi) is 9.40. The van der Waals surface area contributed by atoms with Gasteiger partial charge in [-0.2, -0.15) is 0 Å². The second-order valence-corrected chi connectivity index (χ2v) is 8.98. The predicted octanol–water partition coefficient (Wildman–Crippen LogP) is 8.40. The first-order valence-corrected chi connectivity index (χ1v) is 12.4. The quantitative estimate of drug-likeness (QED) is 0.266. The van der Waals surface area contributed by atoms with E-state index >= 15 is 0 Å². The average molecular weight is 383 g/mol. The van der Waals surface area contributed by atoms with Crippen molar-refractivity contribution < 1.29 is 0 Å². The molecule has 0 N–H and O–H groups in total. The molecule has 1 aromatic heterocycles. The molecule has 2 nitrogen and oxygen atoms in total. The molecule has 0 aliphatic heterocycles. The average Bonchev–Trinajstić information content (AvgIpc) is 3.50. The topological polar surface area (TPSA) is 17.8 Å². The Morgan fingerprint density at radius 1 is 0.750 bits per heavy atom. The number of hydrogen-bond acceptors (Lipinski definition) is 1. The number of fused-ring (bicyclic) bond motifs is 1. The molecular formula is C26H42N2. The Morgan fingerprint density at radius 3 is 1.86 bits per heavy atom. The molecule has 156 valence electrons. The van der Waals surface area contributed by atoms with E-state index in [0.717, 1.165) is 12.5 Å². The minimum Gasteiger partial charge on any atom is -0.328 e. The molecule has 1 aliphatic rings. The summed E-state index contributed by atoms with van der Waals surface area (Å²) in [5.41, 5.74) is 2.54. The van der Waals surface area contributed by atoms with Gasteiger partial charge in [-0.15, -0.1) is 0 Å². The van der Waals surface area contributed by atoms with Crippen molar-refractivity contribution in [1.82, 2.24) is 9.55 Å². The van der Waals surface area contributed by atoms with Crippen LogP contribution in [0, 0.1) is 0 Å². The summed E-state index contributed by atoms with van der Waals surface area (Å²) in [5, 5.41) is 0. The lowest BCUT2D eigenvalue weighted by molar-refractivity contribution is 0.523. The fourth-order valence-corrected chi connectivity index (χ4v) is 4.45. The molecule has 0 radical (unpaired) electrons. The van der Waals surface area contributed by atoms with Gasteiger partial charge in [-0.1, -0.05) is 103 Å². The van der Waals surface area contributed by atoms with Crippen LogP contribution in [-0.4, -0.2) is 9.55 Å². The minimum atomic E-state index is 0.735. The molecule has 1 aromatic carbocycles. The highest BCUT2D eigenvalue weighted by Crippen LogP contribution is 2.40. The van der Waals surface area contributed by atoms with E-state index in [2.05, 4.69) is 35.8 Å². The Bertz CT molecular complexity index is 668. The number of nitrogens with zero attached hydrogens (tertiary/aromatic N) is 2. The first kappa shape index (κ1) is 21.4. The van der Waals surface area contributed by atoms with Gasteiger partial charge in [0.2, 0.25) is 0 Å². The number of hydrogen-bond donors (Lipinski definition) is 0. The number of aryl methyl sites for hydroxylation is 1. The molecule has 0 spiro atoms. The Morgan fingerprint density at radius 2 is 1.29 bits per heavy atom. The maximum Gasteiger partial charge on any atom is 0.112 e. The van der Waals surface area contributed by atoms with Gasteiger partial charge in [0.15, 0.2) is 0 Å². The van der Waals surface area contributed by atoms with Crippen LogP contribution in [0.25, 0.3) is 11.0 Å². The molecular weight excluding hydrogens is 340 g/mol. The van der Waals surface area contributed by atoms with Gasteiger partial charge < -0.3 is 4.57 Å². The Labute approximate surface area is 173 Å². The van der Waals surface area contributed by atoms with Crippen molar-refractivity contribution in [1.29, 1.82) is 0 Å². The number of benzene rings is 1. The second kappa shape index (κ2) is 12.3.